The number of hydrogen-bond acceptors (Lipinski definition) is 5. The molecule has 3 nitrogen and oxygen atoms in total. The first kappa shape index (κ1) is 9.80. The molecule has 0 aliphatic rings. The lowest BCUT2D eigenvalue weighted by atomic mass is 10.3. The van der Waals surface area contributed by atoms with E-state index in [0.717, 1.165) is 16.4 Å². The number of rotatable bonds is 2. The highest BCUT2D eigenvalue weighted by Gasteiger charge is 2.13. The SMILES string of the molecule is CC(C)(C)SCc1nnsc1N. The first-order valence-corrected chi connectivity index (χ1v) is 5.45. The Kier molecular flexibility index (Phi) is 2.95. The van der Waals surface area contributed by atoms with Gasteiger partial charge in [0.05, 0.1) is 0 Å². The predicted molar refractivity (Wildman–Crippen MR) is 55.4 cm³/mol. The lowest BCUT2D eigenvalue weighted by Gasteiger charge is -2.16. The van der Waals surface area contributed by atoms with Gasteiger partial charge in [0.2, 0.25) is 0 Å². The second kappa shape index (κ2) is 3.62. The number of aromatic nitrogens is 2. The van der Waals surface area contributed by atoms with Gasteiger partial charge in [0, 0.05) is 22.0 Å². The Morgan fingerprint density at radius 1 is 1.50 bits per heavy atom. The van der Waals surface area contributed by atoms with E-state index < -0.39 is 0 Å². The van der Waals surface area contributed by atoms with Crippen LogP contribution >= 0.6 is 23.3 Å². The molecule has 0 radical (unpaired) electrons. The third-order valence-electron chi connectivity index (χ3n) is 1.23. The third kappa shape index (κ3) is 2.98. The van der Waals surface area contributed by atoms with Gasteiger partial charge in [-0.05, 0) is 0 Å². The number of nitrogens with two attached hydrogens (primary N) is 1. The van der Waals surface area contributed by atoms with Crippen molar-refractivity contribution in [3.05, 3.63) is 5.69 Å². The standard InChI is InChI=1S/C7H13N3S2/c1-7(2,3)11-4-5-6(8)12-10-9-5/h4,8H2,1-3H3. The van der Waals surface area contributed by atoms with Gasteiger partial charge in [0.1, 0.15) is 10.7 Å². The van der Waals surface area contributed by atoms with Crippen LogP contribution in [0.4, 0.5) is 5.00 Å². The molecule has 0 atom stereocenters. The van der Waals surface area contributed by atoms with Gasteiger partial charge in [-0.25, -0.2) is 0 Å². The molecule has 68 valence electrons. The van der Waals surface area contributed by atoms with E-state index in [2.05, 4.69) is 30.4 Å². The average molecular weight is 203 g/mol. The van der Waals surface area contributed by atoms with E-state index in [-0.39, 0.29) is 4.75 Å². The summed E-state index contributed by atoms with van der Waals surface area (Å²) in [5, 5.41) is 4.68. The summed E-state index contributed by atoms with van der Waals surface area (Å²) in [6.45, 7) is 6.52. The molecule has 0 bridgehead atoms. The van der Waals surface area contributed by atoms with Crippen LogP contribution in [0.2, 0.25) is 0 Å². The van der Waals surface area contributed by atoms with E-state index >= 15 is 0 Å². The Morgan fingerprint density at radius 2 is 2.17 bits per heavy atom. The smallest absolute Gasteiger partial charge is 0.131 e. The molecule has 0 unspecified atom stereocenters. The highest BCUT2D eigenvalue weighted by Crippen LogP contribution is 2.28. The number of nitrogens with zero attached hydrogens (tertiary/aromatic N) is 2. The summed E-state index contributed by atoms with van der Waals surface area (Å²) in [4.78, 5) is 0. The molecule has 0 saturated carbocycles. The fourth-order valence-corrected chi connectivity index (χ4v) is 1.92. The lowest BCUT2D eigenvalue weighted by Crippen LogP contribution is -2.08. The third-order valence-corrected chi connectivity index (χ3v) is 3.11. The molecule has 1 rings (SSSR count). The van der Waals surface area contributed by atoms with Crippen LogP contribution < -0.4 is 5.73 Å². The summed E-state index contributed by atoms with van der Waals surface area (Å²) in [5.41, 5.74) is 6.57. The van der Waals surface area contributed by atoms with Crippen molar-refractivity contribution in [2.24, 2.45) is 0 Å². The number of hydrogen-bond donors (Lipinski definition) is 1. The monoisotopic (exact) mass is 203 g/mol. The Hall–Kier alpha value is -0.290. The number of nitrogen functional groups attached to an aromatic ring is 1. The van der Waals surface area contributed by atoms with Crippen molar-refractivity contribution >= 4 is 28.3 Å². The average Bonchev–Trinajstić information content (AvgIpc) is 2.29. The van der Waals surface area contributed by atoms with Gasteiger partial charge < -0.3 is 5.73 Å². The molecule has 0 aliphatic heterocycles. The zero-order valence-corrected chi connectivity index (χ0v) is 9.13. The maximum atomic E-state index is 5.65. The van der Waals surface area contributed by atoms with E-state index in [1.807, 2.05) is 11.8 Å². The number of thioether (sulfide) groups is 1. The minimum Gasteiger partial charge on any atom is -0.388 e. The molecule has 0 saturated heterocycles. The first-order valence-electron chi connectivity index (χ1n) is 3.70. The molecule has 5 heteroatoms. The molecule has 0 aromatic carbocycles. The van der Waals surface area contributed by atoms with Gasteiger partial charge in [-0.2, -0.15) is 0 Å². The highest BCUT2D eigenvalue weighted by atomic mass is 32.2. The molecule has 1 aromatic heterocycles. The molecule has 0 aliphatic carbocycles. The van der Waals surface area contributed by atoms with Crippen LogP contribution in [0.15, 0.2) is 0 Å². The first-order chi connectivity index (χ1) is 5.49. The second-order valence-corrected chi connectivity index (χ2v) is 6.07. The number of anilines is 1. The quantitative estimate of drug-likeness (QED) is 0.800. The molecule has 0 fully saturated rings. The van der Waals surface area contributed by atoms with Crippen LogP contribution in [-0.2, 0) is 5.75 Å². The van der Waals surface area contributed by atoms with Crippen molar-refractivity contribution in [2.45, 2.75) is 31.3 Å². The van der Waals surface area contributed by atoms with E-state index in [1.165, 1.54) is 11.5 Å². The minimum absolute atomic E-state index is 0.260. The van der Waals surface area contributed by atoms with E-state index in [4.69, 9.17) is 5.73 Å². The largest absolute Gasteiger partial charge is 0.388 e. The summed E-state index contributed by atoms with van der Waals surface area (Å²) in [6.07, 6.45) is 0. The van der Waals surface area contributed by atoms with Crippen LogP contribution in [0.3, 0.4) is 0 Å². The van der Waals surface area contributed by atoms with Gasteiger partial charge >= 0.3 is 0 Å². The lowest BCUT2D eigenvalue weighted by molar-refractivity contribution is 0.801. The molecule has 1 heterocycles. The molecular formula is C7H13N3S2. The summed E-state index contributed by atoms with van der Waals surface area (Å²) >= 11 is 3.09. The highest BCUT2D eigenvalue weighted by molar-refractivity contribution is 7.99. The fourth-order valence-electron chi connectivity index (χ4n) is 0.601. The fraction of sp³-hybridized carbons (Fsp3) is 0.714. The van der Waals surface area contributed by atoms with Crippen molar-refractivity contribution in [2.75, 3.05) is 5.73 Å². The van der Waals surface area contributed by atoms with Crippen LogP contribution in [0, 0.1) is 0 Å². The molecule has 1 aromatic rings. The van der Waals surface area contributed by atoms with Gasteiger partial charge in [0.15, 0.2) is 0 Å². The maximum Gasteiger partial charge on any atom is 0.131 e. The van der Waals surface area contributed by atoms with Gasteiger partial charge in [-0.3, -0.25) is 0 Å². The molecule has 0 amide bonds. The van der Waals surface area contributed by atoms with Crippen LogP contribution in [0.25, 0.3) is 0 Å². The van der Waals surface area contributed by atoms with Crippen molar-refractivity contribution in [3.63, 3.8) is 0 Å². The van der Waals surface area contributed by atoms with Gasteiger partial charge in [-0.15, -0.1) is 16.9 Å². The minimum atomic E-state index is 0.260. The second-order valence-electron chi connectivity index (χ2n) is 3.48. The van der Waals surface area contributed by atoms with Crippen molar-refractivity contribution in [3.8, 4) is 0 Å². The van der Waals surface area contributed by atoms with Crippen molar-refractivity contribution in [1.29, 1.82) is 0 Å². The van der Waals surface area contributed by atoms with E-state index in [0.29, 0.717) is 0 Å². The van der Waals surface area contributed by atoms with Crippen molar-refractivity contribution in [1.82, 2.24) is 9.59 Å². The Morgan fingerprint density at radius 3 is 2.58 bits per heavy atom. The molecule has 0 spiro atoms. The van der Waals surface area contributed by atoms with Crippen LogP contribution in [-0.4, -0.2) is 14.3 Å². The predicted octanol–water partition coefficient (Wildman–Crippen LogP) is 2.15. The van der Waals surface area contributed by atoms with Crippen LogP contribution in [0.5, 0.6) is 0 Å². The van der Waals surface area contributed by atoms with E-state index in [1.54, 1.807) is 0 Å². The van der Waals surface area contributed by atoms with Crippen molar-refractivity contribution < 1.29 is 0 Å². The summed E-state index contributed by atoms with van der Waals surface area (Å²) < 4.78 is 4.04. The Balaban J connectivity index is 2.49. The van der Waals surface area contributed by atoms with E-state index in [9.17, 15) is 0 Å². The normalized spacial score (nSPS) is 11.9. The molecular weight excluding hydrogens is 190 g/mol. The van der Waals surface area contributed by atoms with Gasteiger partial charge in [-0.1, -0.05) is 25.3 Å². The summed E-state index contributed by atoms with van der Waals surface area (Å²) in [5.74, 6) is 0.853. The summed E-state index contributed by atoms with van der Waals surface area (Å²) in [6, 6.07) is 0. The molecule has 2 N–H and O–H groups in total. The Bertz CT molecular complexity index is 251. The Labute approximate surface area is 80.9 Å². The maximum absolute atomic E-state index is 5.65. The topological polar surface area (TPSA) is 51.8 Å². The zero-order chi connectivity index (χ0) is 9.19. The molecule has 12 heavy (non-hydrogen) atoms. The van der Waals surface area contributed by atoms with Gasteiger partial charge in [0.25, 0.3) is 0 Å². The zero-order valence-electron chi connectivity index (χ0n) is 7.50. The summed E-state index contributed by atoms with van der Waals surface area (Å²) in [7, 11) is 0. The van der Waals surface area contributed by atoms with Crippen LogP contribution in [0.1, 0.15) is 26.5 Å².